The van der Waals surface area contributed by atoms with E-state index in [4.69, 9.17) is 10.5 Å². The number of alkyl halides is 2. The quantitative estimate of drug-likeness (QED) is 0.634. The molecule has 2 saturated heterocycles. The van der Waals surface area contributed by atoms with Crippen molar-refractivity contribution >= 4 is 17.6 Å². The molecule has 0 aromatic carbocycles. The van der Waals surface area contributed by atoms with E-state index >= 15 is 0 Å². The molecule has 2 aliphatic heterocycles. The van der Waals surface area contributed by atoms with Gasteiger partial charge in [0.2, 0.25) is 5.88 Å². The minimum Gasteiger partial charge on any atom is -0.461 e. The third-order valence-electron chi connectivity index (χ3n) is 6.34. The number of nitrogens with one attached hydrogen (secondary N) is 1. The Balaban J connectivity index is 1.45. The molecule has 2 aromatic rings. The number of hydrogen-bond acceptors (Lipinski definition) is 6. The molecule has 34 heavy (non-hydrogen) atoms. The minimum absolute atomic E-state index is 0.0604. The van der Waals surface area contributed by atoms with Gasteiger partial charge in [0.1, 0.15) is 11.6 Å². The van der Waals surface area contributed by atoms with E-state index in [0.29, 0.717) is 30.3 Å². The smallest absolute Gasteiger partial charge is 0.269 e. The number of fused-ring (bicyclic) bond motifs is 2. The lowest BCUT2D eigenvalue weighted by Crippen LogP contribution is -2.55. The lowest BCUT2D eigenvalue weighted by molar-refractivity contribution is -0.135. The summed E-state index contributed by atoms with van der Waals surface area (Å²) in [5.74, 6) is -1.89. The van der Waals surface area contributed by atoms with Crippen LogP contribution in [0.1, 0.15) is 61.9 Å². The standard InChI is InChI=1S/C23H26F3N5O3/c1-23(2,34-21-17(18(25)26)8-12(24)11-29-21)22(33)30-13-9-14-5-6-15(10-13)31(14)20-16(19(27)32)4-3-7-28-20/h3-4,7-8,11,13-15,18H,5-6,9-10H2,1-2H3,(H2,27,32)(H,30,33). The molecular weight excluding hydrogens is 451 g/mol. The summed E-state index contributed by atoms with van der Waals surface area (Å²) in [7, 11) is 0. The molecule has 0 saturated carbocycles. The van der Waals surface area contributed by atoms with Crippen LogP contribution in [0.15, 0.2) is 30.6 Å². The first-order valence-electron chi connectivity index (χ1n) is 11.0. The van der Waals surface area contributed by atoms with Gasteiger partial charge in [0, 0.05) is 24.3 Å². The van der Waals surface area contributed by atoms with E-state index in [1.807, 2.05) is 0 Å². The molecule has 0 radical (unpaired) electrons. The van der Waals surface area contributed by atoms with E-state index in [1.165, 1.54) is 13.8 Å². The van der Waals surface area contributed by atoms with E-state index in [0.717, 1.165) is 19.0 Å². The van der Waals surface area contributed by atoms with Crippen molar-refractivity contribution in [1.82, 2.24) is 15.3 Å². The summed E-state index contributed by atoms with van der Waals surface area (Å²) in [4.78, 5) is 35.0. The van der Waals surface area contributed by atoms with Crippen molar-refractivity contribution in [1.29, 1.82) is 0 Å². The fourth-order valence-corrected chi connectivity index (χ4v) is 4.77. The number of nitrogens with zero attached hydrogens (tertiary/aromatic N) is 3. The van der Waals surface area contributed by atoms with Crippen LogP contribution in [-0.2, 0) is 4.79 Å². The Labute approximate surface area is 194 Å². The van der Waals surface area contributed by atoms with E-state index in [2.05, 4.69) is 20.2 Å². The summed E-state index contributed by atoms with van der Waals surface area (Å²) < 4.78 is 45.4. The highest BCUT2D eigenvalue weighted by Crippen LogP contribution is 2.40. The van der Waals surface area contributed by atoms with Gasteiger partial charge in [-0.25, -0.2) is 23.1 Å². The third kappa shape index (κ3) is 4.64. The van der Waals surface area contributed by atoms with Crippen LogP contribution in [0.3, 0.4) is 0 Å². The van der Waals surface area contributed by atoms with E-state index in [-0.39, 0.29) is 18.1 Å². The summed E-state index contributed by atoms with van der Waals surface area (Å²) in [6, 6.07) is 3.90. The normalized spacial score (nSPS) is 22.1. The van der Waals surface area contributed by atoms with Crippen LogP contribution < -0.4 is 20.7 Å². The molecular formula is C23H26F3N5O3. The van der Waals surface area contributed by atoms with Crippen LogP contribution in [0.4, 0.5) is 19.0 Å². The number of rotatable bonds is 7. The van der Waals surface area contributed by atoms with Crippen LogP contribution in [0.5, 0.6) is 5.88 Å². The minimum atomic E-state index is -3.01. The lowest BCUT2D eigenvalue weighted by atomic mass is 9.95. The molecule has 182 valence electrons. The van der Waals surface area contributed by atoms with E-state index in [9.17, 15) is 22.8 Å². The second-order valence-electron chi connectivity index (χ2n) is 9.13. The Hall–Kier alpha value is -3.37. The maximum absolute atomic E-state index is 13.3. The summed E-state index contributed by atoms with van der Waals surface area (Å²) in [6.45, 7) is 2.89. The van der Waals surface area contributed by atoms with Crippen LogP contribution in [-0.4, -0.2) is 45.5 Å². The van der Waals surface area contributed by atoms with E-state index in [1.54, 1.807) is 18.3 Å². The molecule has 4 heterocycles. The number of carbonyl (C=O) groups excluding carboxylic acids is 2. The number of nitrogens with two attached hydrogens (primary N) is 1. The number of aromatic nitrogens is 2. The maximum Gasteiger partial charge on any atom is 0.269 e. The zero-order valence-electron chi connectivity index (χ0n) is 18.8. The molecule has 2 aromatic heterocycles. The van der Waals surface area contributed by atoms with Gasteiger partial charge in [-0.15, -0.1) is 0 Å². The maximum atomic E-state index is 13.3. The number of carbonyl (C=O) groups is 2. The molecule has 3 N–H and O–H groups in total. The van der Waals surface area contributed by atoms with Crippen LogP contribution in [0.2, 0.25) is 0 Å². The van der Waals surface area contributed by atoms with Gasteiger partial charge in [-0.2, -0.15) is 0 Å². The zero-order chi connectivity index (χ0) is 24.6. The highest BCUT2D eigenvalue weighted by molar-refractivity contribution is 5.97. The molecule has 8 nitrogen and oxygen atoms in total. The first-order chi connectivity index (χ1) is 16.1. The van der Waals surface area contributed by atoms with Crippen molar-refractivity contribution in [2.75, 3.05) is 4.90 Å². The monoisotopic (exact) mass is 477 g/mol. The molecule has 2 unspecified atom stereocenters. The highest BCUT2D eigenvalue weighted by atomic mass is 19.3. The van der Waals surface area contributed by atoms with Crippen molar-refractivity contribution in [2.24, 2.45) is 5.73 Å². The number of hydrogen-bond donors (Lipinski definition) is 2. The number of primary amides is 1. The first kappa shape index (κ1) is 23.8. The van der Waals surface area contributed by atoms with Gasteiger partial charge in [-0.05, 0) is 57.7 Å². The van der Waals surface area contributed by atoms with Crippen molar-refractivity contribution < 1.29 is 27.5 Å². The first-order valence-corrected chi connectivity index (χ1v) is 11.0. The van der Waals surface area contributed by atoms with Crippen molar-refractivity contribution in [3.8, 4) is 5.88 Å². The molecule has 2 bridgehead atoms. The van der Waals surface area contributed by atoms with Gasteiger partial charge in [-0.3, -0.25) is 9.59 Å². The molecule has 2 aliphatic rings. The number of pyridine rings is 2. The van der Waals surface area contributed by atoms with Gasteiger partial charge >= 0.3 is 0 Å². The highest BCUT2D eigenvalue weighted by Gasteiger charge is 2.44. The lowest BCUT2D eigenvalue weighted by Gasteiger charge is -2.41. The van der Waals surface area contributed by atoms with Crippen molar-refractivity contribution in [3.63, 3.8) is 0 Å². The SMILES string of the molecule is CC(C)(Oc1ncc(F)cc1C(F)F)C(=O)NC1CC2CCC(C1)N2c1ncccc1C(N)=O. The van der Waals surface area contributed by atoms with Gasteiger partial charge < -0.3 is 20.7 Å². The number of piperidine rings is 1. The fraction of sp³-hybridized carbons (Fsp3) is 0.478. The van der Waals surface area contributed by atoms with Crippen molar-refractivity contribution in [2.45, 2.75) is 69.7 Å². The topological polar surface area (TPSA) is 110 Å². The summed E-state index contributed by atoms with van der Waals surface area (Å²) in [6.07, 6.45) is 2.36. The van der Waals surface area contributed by atoms with Gasteiger partial charge in [-0.1, -0.05) is 0 Å². The summed E-state index contributed by atoms with van der Waals surface area (Å²) >= 11 is 0. The summed E-state index contributed by atoms with van der Waals surface area (Å²) in [5.41, 5.74) is 3.65. The Kier molecular flexibility index (Phi) is 6.37. The molecule has 2 atom stereocenters. The molecule has 0 aliphatic carbocycles. The van der Waals surface area contributed by atoms with Crippen LogP contribution >= 0.6 is 0 Å². The average molecular weight is 477 g/mol. The van der Waals surface area contributed by atoms with Gasteiger partial charge in [0.25, 0.3) is 18.2 Å². The Morgan fingerprint density at radius 2 is 1.91 bits per heavy atom. The number of anilines is 1. The Morgan fingerprint density at radius 1 is 1.24 bits per heavy atom. The number of halogens is 3. The second kappa shape index (κ2) is 9.11. The fourth-order valence-electron chi connectivity index (χ4n) is 4.77. The molecule has 2 amide bonds. The van der Waals surface area contributed by atoms with Gasteiger partial charge in [0.05, 0.1) is 17.3 Å². The molecule has 0 spiro atoms. The zero-order valence-corrected chi connectivity index (χ0v) is 18.8. The third-order valence-corrected chi connectivity index (χ3v) is 6.34. The predicted molar refractivity (Wildman–Crippen MR) is 117 cm³/mol. The van der Waals surface area contributed by atoms with E-state index < -0.39 is 41.1 Å². The number of amides is 2. The Morgan fingerprint density at radius 3 is 2.53 bits per heavy atom. The van der Waals surface area contributed by atoms with Crippen molar-refractivity contribution in [3.05, 3.63) is 47.5 Å². The predicted octanol–water partition coefficient (Wildman–Crippen LogP) is 3.13. The Bertz CT molecular complexity index is 1080. The second-order valence-corrected chi connectivity index (χ2v) is 9.13. The molecule has 11 heteroatoms. The average Bonchev–Trinajstić information content (AvgIpc) is 3.04. The number of ether oxygens (including phenoxy) is 1. The van der Waals surface area contributed by atoms with Crippen LogP contribution in [0, 0.1) is 5.82 Å². The largest absolute Gasteiger partial charge is 0.461 e. The van der Waals surface area contributed by atoms with Crippen LogP contribution in [0.25, 0.3) is 0 Å². The van der Waals surface area contributed by atoms with Gasteiger partial charge in [0.15, 0.2) is 5.60 Å². The molecule has 4 rings (SSSR count). The molecule has 2 fully saturated rings. The summed E-state index contributed by atoms with van der Waals surface area (Å²) in [5, 5.41) is 2.96.